The summed E-state index contributed by atoms with van der Waals surface area (Å²) in [6.45, 7) is 0. The maximum atomic E-state index is 7.43. The molecule has 0 spiro atoms. The highest BCUT2D eigenvalue weighted by Gasteiger charge is 2.10. The minimum atomic E-state index is -0.275. The van der Waals surface area contributed by atoms with Gasteiger partial charge in [0, 0.05) is 10.6 Å². The van der Waals surface area contributed by atoms with E-state index in [1.807, 2.05) is 42.5 Å². The summed E-state index contributed by atoms with van der Waals surface area (Å²) in [7, 11) is 0. The van der Waals surface area contributed by atoms with Crippen LogP contribution in [0.3, 0.4) is 0 Å². The first kappa shape index (κ1) is 15.5. The van der Waals surface area contributed by atoms with Gasteiger partial charge in [-0.05, 0) is 29.3 Å². The molecule has 0 radical (unpaired) electrons. The Balaban J connectivity index is 0.00000180. The van der Waals surface area contributed by atoms with Crippen LogP contribution in [0, 0.1) is 5.41 Å². The van der Waals surface area contributed by atoms with Gasteiger partial charge in [0.1, 0.15) is 5.84 Å². The van der Waals surface area contributed by atoms with Crippen LogP contribution in [0.25, 0.3) is 0 Å². The van der Waals surface area contributed by atoms with E-state index in [1.165, 1.54) is 0 Å². The third-order valence-corrected chi connectivity index (χ3v) is 3.00. The van der Waals surface area contributed by atoms with Gasteiger partial charge in [-0.3, -0.25) is 5.41 Å². The molecule has 0 aliphatic heterocycles. The molecule has 1 atom stereocenters. The number of hydrogen-bond donors (Lipinski definition) is 3. The number of hydrogen-bond acceptors (Lipinski definition) is 2. The first-order valence-electron chi connectivity index (χ1n) is 5.53. The Morgan fingerprint density at radius 2 is 1.63 bits per heavy atom. The Kier molecular flexibility index (Phi) is 5.36. The predicted molar refractivity (Wildman–Crippen MR) is 82.2 cm³/mol. The molecule has 1 unspecified atom stereocenters. The Bertz CT molecular complexity index is 584. The van der Waals surface area contributed by atoms with E-state index in [0.29, 0.717) is 10.6 Å². The Hall–Kier alpha value is -1.55. The van der Waals surface area contributed by atoms with Gasteiger partial charge in [-0.25, -0.2) is 0 Å². The number of nitrogens with one attached hydrogen (secondary N) is 1. The number of nitrogens with two attached hydrogens (primary N) is 2. The quantitative estimate of drug-likeness (QED) is 0.601. The van der Waals surface area contributed by atoms with E-state index in [4.69, 9.17) is 28.5 Å². The smallest absolute Gasteiger partial charge is 0.122 e. The molecule has 2 aromatic rings. The molecule has 0 amide bonds. The molecule has 2 rings (SSSR count). The van der Waals surface area contributed by atoms with Crippen LogP contribution in [0.1, 0.15) is 22.7 Å². The molecular weight excluding hydrogens is 281 g/mol. The summed E-state index contributed by atoms with van der Waals surface area (Å²) in [5.41, 5.74) is 14.2. The van der Waals surface area contributed by atoms with E-state index in [2.05, 4.69) is 0 Å². The van der Waals surface area contributed by atoms with Gasteiger partial charge in [0.05, 0.1) is 6.04 Å². The normalized spacial score (nSPS) is 11.5. The van der Waals surface area contributed by atoms with Gasteiger partial charge in [0.25, 0.3) is 0 Å². The van der Waals surface area contributed by atoms with Gasteiger partial charge in [0.15, 0.2) is 0 Å². The average Bonchev–Trinajstić information content (AvgIpc) is 2.38. The average molecular weight is 296 g/mol. The molecule has 0 heterocycles. The van der Waals surface area contributed by atoms with Crippen molar-refractivity contribution in [2.45, 2.75) is 6.04 Å². The zero-order chi connectivity index (χ0) is 13.1. The zero-order valence-corrected chi connectivity index (χ0v) is 11.7. The fourth-order valence-corrected chi connectivity index (χ4v) is 1.99. The van der Waals surface area contributed by atoms with Crippen LogP contribution < -0.4 is 11.5 Å². The fraction of sp³-hybridized carbons (Fsp3) is 0.0714. The van der Waals surface area contributed by atoms with Crippen molar-refractivity contribution in [2.75, 3.05) is 0 Å². The van der Waals surface area contributed by atoms with Crippen LogP contribution in [-0.4, -0.2) is 5.84 Å². The van der Waals surface area contributed by atoms with Crippen LogP contribution in [0.2, 0.25) is 5.02 Å². The largest absolute Gasteiger partial charge is 0.384 e. The molecule has 100 valence electrons. The van der Waals surface area contributed by atoms with Gasteiger partial charge >= 0.3 is 0 Å². The molecule has 0 fully saturated rings. The molecule has 5 heteroatoms. The van der Waals surface area contributed by atoms with Crippen molar-refractivity contribution in [1.82, 2.24) is 0 Å². The molecular formula is C14H15Cl2N3. The standard InChI is InChI=1S/C14H14ClN3.ClH/c15-12-6-2-4-10(8-12)13(16)9-3-1-5-11(7-9)14(17)18;/h1-8,13H,16H2,(H3,17,18);1H. The number of rotatable bonds is 3. The van der Waals surface area contributed by atoms with E-state index < -0.39 is 0 Å². The fourth-order valence-electron chi connectivity index (χ4n) is 1.79. The van der Waals surface area contributed by atoms with Gasteiger partial charge in [-0.1, -0.05) is 41.9 Å². The summed E-state index contributed by atoms with van der Waals surface area (Å²) in [6.07, 6.45) is 0. The van der Waals surface area contributed by atoms with Crippen molar-refractivity contribution in [3.8, 4) is 0 Å². The molecule has 0 saturated heterocycles. The molecule has 2 aromatic carbocycles. The van der Waals surface area contributed by atoms with E-state index in [0.717, 1.165) is 11.1 Å². The second kappa shape index (κ2) is 6.57. The Morgan fingerprint density at radius 1 is 1.05 bits per heavy atom. The van der Waals surface area contributed by atoms with Crippen molar-refractivity contribution in [3.63, 3.8) is 0 Å². The number of halogens is 2. The topological polar surface area (TPSA) is 75.9 Å². The van der Waals surface area contributed by atoms with Crippen molar-refractivity contribution in [1.29, 1.82) is 5.41 Å². The third kappa shape index (κ3) is 3.70. The summed E-state index contributed by atoms with van der Waals surface area (Å²) in [5.74, 6) is 0.0372. The van der Waals surface area contributed by atoms with E-state index in [1.54, 1.807) is 6.07 Å². The van der Waals surface area contributed by atoms with Crippen molar-refractivity contribution in [2.24, 2.45) is 11.5 Å². The highest BCUT2D eigenvalue weighted by molar-refractivity contribution is 6.30. The zero-order valence-electron chi connectivity index (χ0n) is 10.1. The van der Waals surface area contributed by atoms with Crippen LogP contribution in [0.15, 0.2) is 48.5 Å². The monoisotopic (exact) mass is 295 g/mol. The lowest BCUT2D eigenvalue weighted by atomic mass is 9.98. The molecule has 0 bridgehead atoms. The predicted octanol–water partition coefficient (Wildman–Crippen LogP) is 3.09. The van der Waals surface area contributed by atoms with Gasteiger partial charge < -0.3 is 11.5 Å². The molecule has 0 aliphatic carbocycles. The number of amidine groups is 1. The summed E-state index contributed by atoms with van der Waals surface area (Å²) in [6, 6.07) is 14.5. The SMILES string of the molecule is Cl.N=C(N)c1cccc(C(N)c2cccc(Cl)c2)c1. The first-order valence-corrected chi connectivity index (χ1v) is 5.91. The van der Waals surface area contributed by atoms with Crippen LogP contribution in [-0.2, 0) is 0 Å². The second-order valence-electron chi connectivity index (χ2n) is 4.07. The molecule has 19 heavy (non-hydrogen) atoms. The van der Waals surface area contributed by atoms with Gasteiger partial charge in [-0.2, -0.15) is 0 Å². The maximum Gasteiger partial charge on any atom is 0.122 e. The van der Waals surface area contributed by atoms with Crippen LogP contribution in [0.5, 0.6) is 0 Å². The minimum absolute atomic E-state index is 0. The minimum Gasteiger partial charge on any atom is -0.384 e. The van der Waals surface area contributed by atoms with E-state index in [-0.39, 0.29) is 24.3 Å². The number of benzene rings is 2. The van der Waals surface area contributed by atoms with Crippen LogP contribution >= 0.6 is 24.0 Å². The first-order chi connectivity index (χ1) is 8.58. The van der Waals surface area contributed by atoms with Crippen LogP contribution in [0.4, 0.5) is 0 Å². The Labute approximate surface area is 123 Å². The van der Waals surface area contributed by atoms with Crippen molar-refractivity contribution in [3.05, 3.63) is 70.2 Å². The number of nitrogen functional groups attached to an aromatic ring is 1. The molecule has 0 saturated carbocycles. The molecule has 0 aromatic heterocycles. The molecule has 3 nitrogen and oxygen atoms in total. The summed E-state index contributed by atoms with van der Waals surface area (Å²) in [4.78, 5) is 0. The third-order valence-electron chi connectivity index (χ3n) is 2.76. The van der Waals surface area contributed by atoms with E-state index in [9.17, 15) is 0 Å². The summed E-state index contributed by atoms with van der Waals surface area (Å²) < 4.78 is 0. The lowest BCUT2D eigenvalue weighted by molar-refractivity contribution is 0.871. The lowest BCUT2D eigenvalue weighted by Gasteiger charge is -2.13. The van der Waals surface area contributed by atoms with Gasteiger partial charge in [0.2, 0.25) is 0 Å². The highest BCUT2D eigenvalue weighted by atomic mass is 35.5. The van der Waals surface area contributed by atoms with Gasteiger partial charge in [-0.15, -0.1) is 12.4 Å². The van der Waals surface area contributed by atoms with Crippen molar-refractivity contribution < 1.29 is 0 Å². The van der Waals surface area contributed by atoms with Crippen molar-refractivity contribution >= 4 is 29.8 Å². The lowest BCUT2D eigenvalue weighted by Crippen LogP contribution is -2.15. The Morgan fingerprint density at radius 3 is 2.21 bits per heavy atom. The molecule has 0 aliphatic rings. The van der Waals surface area contributed by atoms with E-state index >= 15 is 0 Å². The summed E-state index contributed by atoms with van der Waals surface area (Å²) in [5, 5.41) is 8.09. The molecule has 5 N–H and O–H groups in total. The highest BCUT2D eigenvalue weighted by Crippen LogP contribution is 2.22. The maximum absolute atomic E-state index is 7.43. The summed E-state index contributed by atoms with van der Waals surface area (Å²) >= 11 is 5.95. The second-order valence-corrected chi connectivity index (χ2v) is 4.51.